The van der Waals surface area contributed by atoms with Gasteiger partial charge in [0.1, 0.15) is 0 Å². The Balaban J connectivity index is 2.40. The van der Waals surface area contributed by atoms with Crippen LogP contribution < -0.4 is 5.73 Å². The monoisotopic (exact) mass is 203 g/mol. The lowest BCUT2D eigenvalue weighted by Crippen LogP contribution is -2.12. The van der Waals surface area contributed by atoms with Crippen molar-refractivity contribution in [3.05, 3.63) is 0 Å². The van der Waals surface area contributed by atoms with Gasteiger partial charge in [0.2, 0.25) is 5.16 Å². The zero-order valence-corrected chi connectivity index (χ0v) is 8.07. The fourth-order valence-corrected chi connectivity index (χ4v) is 1.62. The van der Waals surface area contributed by atoms with E-state index in [0.717, 1.165) is 17.3 Å². The summed E-state index contributed by atoms with van der Waals surface area (Å²) >= 11 is 1.53. The van der Waals surface area contributed by atoms with E-state index in [9.17, 15) is 0 Å². The molecule has 0 amide bonds. The molecule has 7 heteroatoms. The standard InChI is InChI=1S/C6H13N5OS/c7-2-3-11-6(8-9-10-11)13-5-1-4-12/h12H,1-5,7H2. The molecule has 0 aliphatic carbocycles. The van der Waals surface area contributed by atoms with Crippen LogP contribution in [-0.2, 0) is 6.54 Å². The van der Waals surface area contributed by atoms with Crippen molar-refractivity contribution in [2.75, 3.05) is 18.9 Å². The van der Waals surface area contributed by atoms with Crippen molar-refractivity contribution < 1.29 is 5.11 Å². The first-order valence-corrected chi connectivity index (χ1v) is 5.07. The van der Waals surface area contributed by atoms with Gasteiger partial charge in [-0.25, -0.2) is 4.68 Å². The number of hydrogen-bond donors (Lipinski definition) is 2. The molecule has 1 aromatic heterocycles. The molecule has 0 aliphatic heterocycles. The minimum absolute atomic E-state index is 0.200. The maximum atomic E-state index is 8.58. The Bertz CT molecular complexity index is 241. The number of nitrogens with zero attached hydrogens (tertiary/aromatic N) is 4. The molecule has 0 bridgehead atoms. The predicted octanol–water partition coefficient (Wildman–Crippen LogP) is -0.894. The molecule has 0 aromatic carbocycles. The van der Waals surface area contributed by atoms with Crippen molar-refractivity contribution in [1.82, 2.24) is 20.2 Å². The summed E-state index contributed by atoms with van der Waals surface area (Å²) in [4.78, 5) is 0. The first-order chi connectivity index (χ1) is 6.38. The fourth-order valence-electron chi connectivity index (χ4n) is 0.790. The number of aliphatic hydroxyl groups excluding tert-OH is 1. The van der Waals surface area contributed by atoms with Gasteiger partial charge < -0.3 is 10.8 Å². The molecule has 0 fully saturated rings. The lowest BCUT2D eigenvalue weighted by Gasteiger charge is -2.00. The molecule has 0 atom stereocenters. The average Bonchev–Trinajstić information content (AvgIpc) is 2.54. The first-order valence-electron chi connectivity index (χ1n) is 4.08. The van der Waals surface area contributed by atoms with E-state index in [1.165, 1.54) is 11.8 Å². The zero-order chi connectivity index (χ0) is 9.52. The summed E-state index contributed by atoms with van der Waals surface area (Å²) in [5.74, 6) is 0.821. The SMILES string of the molecule is NCCn1nnnc1SCCCO. The Morgan fingerprint density at radius 1 is 1.54 bits per heavy atom. The fraction of sp³-hybridized carbons (Fsp3) is 0.833. The minimum atomic E-state index is 0.200. The number of rotatable bonds is 6. The van der Waals surface area contributed by atoms with Crippen molar-refractivity contribution in [3.8, 4) is 0 Å². The average molecular weight is 203 g/mol. The number of aromatic nitrogens is 4. The maximum Gasteiger partial charge on any atom is 0.209 e. The largest absolute Gasteiger partial charge is 0.396 e. The third-order valence-corrected chi connectivity index (χ3v) is 2.42. The van der Waals surface area contributed by atoms with Gasteiger partial charge in [0.25, 0.3) is 0 Å². The number of thioether (sulfide) groups is 1. The van der Waals surface area contributed by atoms with Gasteiger partial charge in [0.15, 0.2) is 0 Å². The normalized spacial score (nSPS) is 10.6. The van der Waals surface area contributed by atoms with Crippen LogP contribution in [0.4, 0.5) is 0 Å². The molecule has 1 aromatic rings. The summed E-state index contributed by atoms with van der Waals surface area (Å²) in [6.07, 6.45) is 0.750. The summed E-state index contributed by atoms with van der Waals surface area (Å²) in [5.41, 5.74) is 5.38. The second kappa shape index (κ2) is 5.90. The summed E-state index contributed by atoms with van der Waals surface area (Å²) in [5, 5.41) is 20.5. The highest BCUT2D eigenvalue weighted by Gasteiger charge is 2.04. The second-order valence-electron chi connectivity index (χ2n) is 2.40. The smallest absolute Gasteiger partial charge is 0.209 e. The Kier molecular flexibility index (Phi) is 4.73. The van der Waals surface area contributed by atoms with E-state index in [2.05, 4.69) is 15.5 Å². The number of tetrazole rings is 1. The molecule has 74 valence electrons. The Morgan fingerprint density at radius 3 is 3.08 bits per heavy atom. The van der Waals surface area contributed by atoms with E-state index in [1.807, 2.05) is 0 Å². The molecular weight excluding hydrogens is 190 g/mol. The van der Waals surface area contributed by atoms with Crippen LogP contribution in [0.1, 0.15) is 6.42 Å². The molecule has 1 heterocycles. The van der Waals surface area contributed by atoms with E-state index in [1.54, 1.807) is 4.68 Å². The number of aliphatic hydroxyl groups is 1. The highest BCUT2D eigenvalue weighted by molar-refractivity contribution is 7.99. The van der Waals surface area contributed by atoms with Gasteiger partial charge >= 0.3 is 0 Å². The van der Waals surface area contributed by atoms with Crippen LogP contribution in [0.2, 0.25) is 0 Å². The quantitative estimate of drug-likeness (QED) is 0.460. The van der Waals surface area contributed by atoms with Gasteiger partial charge in [-0.1, -0.05) is 11.8 Å². The summed E-state index contributed by atoms with van der Waals surface area (Å²) in [7, 11) is 0. The number of nitrogens with two attached hydrogens (primary N) is 1. The molecule has 0 radical (unpaired) electrons. The molecule has 13 heavy (non-hydrogen) atoms. The maximum absolute atomic E-state index is 8.58. The van der Waals surface area contributed by atoms with Gasteiger partial charge in [-0.05, 0) is 16.8 Å². The molecule has 0 unspecified atom stereocenters. The highest BCUT2D eigenvalue weighted by atomic mass is 32.2. The van der Waals surface area contributed by atoms with E-state index >= 15 is 0 Å². The third kappa shape index (κ3) is 3.29. The molecule has 0 saturated heterocycles. The molecule has 3 N–H and O–H groups in total. The molecular formula is C6H13N5OS. The van der Waals surface area contributed by atoms with Crippen molar-refractivity contribution in [2.24, 2.45) is 5.73 Å². The van der Waals surface area contributed by atoms with Crippen molar-refractivity contribution in [1.29, 1.82) is 0 Å². The van der Waals surface area contributed by atoms with Gasteiger partial charge in [-0.3, -0.25) is 0 Å². The van der Waals surface area contributed by atoms with E-state index in [-0.39, 0.29) is 6.61 Å². The minimum Gasteiger partial charge on any atom is -0.396 e. The summed E-state index contributed by atoms with van der Waals surface area (Å²) in [6.45, 7) is 1.36. The van der Waals surface area contributed by atoms with Gasteiger partial charge in [-0.15, -0.1) is 5.10 Å². The summed E-state index contributed by atoms with van der Waals surface area (Å²) in [6, 6.07) is 0. The lowest BCUT2D eigenvalue weighted by atomic mass is 10.5. The van der Waals surface area contributed by atoms with Gasteiger partial charge in [0, 0.05) is 18.9 Å². The Labute approximate surface area is 80.5 Å². The van der Waals surface area contributed by atoms with Crippen LogP contribution in [0.5, 0.6) is 0 Å². The van der Waals surface area contributed by atoms with Gasteiger partial charge in [-0.2, -0.15) is 0 Å². The van der Waals surface area contributed by atoms with Crippen LogP contribution in [0.3, 0.4) is 0 Å². The van der Waals surface area contributed by atoms with Crippen molar-refractivity contribution in [2.45, 2.75) is 18.1 Å². The first kappa shape index (κ1) is 10.4. The van der Waals surface area contributed by atoms with Gasteiger partial charge in [0.05, 0.1) is 6.54 Å². The lowest BCUT2D eigenvalue weighted by molar-refractivity contribution is 0.296. The Hall–Kier alpha value is -0.660. The highest BCUT2D eigenvalue weighted by Crippen LogP contribution is 2.13. The Morgan fingerprint density at radius 2 is 2.38 bits per heavy atom. The van der Waals surface area contributed by atoms with E-state index in [0.29, 0.717) is 13.1 Å². The second-order valence-corrected chi connectivity index (χ2v) is 3.46. The van der Waals surface area contributed by atoms with Crippen molar-refractivity contribution >= 4 is 11.8 Å². The molecule has 6 nitrogen and oxygen atoms in total. The predicted molar refractivity (Wildman–Crippen MR) is 49.3 cm³/mol. The van der Waals surface area contributed by atoms with Crippen LogP contribution in [-0.4, -0.2) is 44.2 Å². The van der Waals surface area contributed by atoms with Crippen LogP contribution >= 0.6 is 11.8 Å². The molecule has 0 aliphatic rings. The summed E-state index contributed by atoms with van der Waals surface area (Å²) < 4.78 is 1.67. The van der Waals surface area contributed by atoms with E-state index in [4.69, 9.17) is 10.8 Å². The molecule has 0 saturated carbocycles. The van der Waals surface area contributed by atoms with Crippen molar-refractivity contribution in [3.63, 3.8) is 0 Å². The molecule has 1 rings (SSSR count). The van der Waals surface area contributed by atoms with Crippen LogP contribution in [0.25, 0.3) is 0 Å². The van der Waals surface area contributed by atoms with E-state index < -0.39 is 0 Å². The molecule has 0 spiro atoms. The third-order valence-electron chi connectivity index (χ3n) is 1.37. The van der Waals surface area contributed by atoms with Crippen LogP contribution in [0, 0.1) is 0 Å². The topological polar surface area (TPSA) is 89.9 Å². The zero-order valence-electron chi connectivity index (χ0n) is 7.26. The van der Waals surface area contributed by atoms with Crippen LogP contribution in [0.15, 0.2) is 5.16 Å². The number of hydrogen-bond acceptors (Lipinski definition) is 6.